The monoisotopic (exact) mass is 286 g/mol. The molecule has 0 radical (unpaired) electrons. The highest BCUT2D eigenvalue weighted by molar-refractivity contribution is 5.98. The first kappa shape index (κ1) is 14.7. The lowest BCUT2D eigenvalue weighted by atomic mass is 10.5. The Bertz CT molecular complexity index is 361. The second-order valence-electron chi connectivity index (χ2n) is 3.81. The highest BCUT2D eigenvalue weighted by Gasteiger charge is 2.19. The third-order valence-electron chi connectivity index (χ3n) is 2.31. The van der Waals surface area contributed by atoms with E-state index in [-0.39, 0.29) is 13.2 Å². The zero-order valence-corrected chi connectivity index (χ0v) is 10.7. The van der Waals surface area contributed by atoms with E-state index in [2.05, 4.69) is 0 Å². The zero-order valence-electron chi connectivity index (χ0n) is 10.7. The summed E-state index contributed by atoms with van der Waals surface area (Å²) in [6.07, 6.45) is -1.59. The summed E-state index contributed by atoms with van der Waals surface area (Å²) in [6, 6.07) is 0. The van der Waals surface area contributed by atoms with Crippen molar-refractivity contribution in [1.82, 2.24) is 0 Å². The average molecular weight is 286 g/mol. The second kappa shape index (κ2) is 7.81. The molecule has 2 aliphatic rings. The van der Waals surface area contributed by atoms with Crippen LogP contribution in [0.15, 0.2) is 0 Å². The average Bonchev–Trinajstić information content (AvgIpc) is 2.47. The minimum absolute atomic E-state index is 0.144. The fraction of sp³-hybridized carbons (Fsp3) is 0.667. The number of carbonyl (C=O) groups is 2. The standard InChI is InChI=1S/C12H14O8/c13-9(19-11-7-15-3-5-17-11)1-2-10(14)20-12-8-16-4-6-18-12/h11-12H,3-8H2. The number of hydrogen-bond acceptors (Lipinski definition) is 8. The van der Waals surface area contributed by atoms with Gasteiger partial charge in [0.25, 0.3) is 0 Å². The summed E-state index contributed by atoms with van der Waals surface area (Å²) in [4.78, 5) is 22.6. The van der Waals surface area contributed by atoms with Crippen molar-refractivity contribution in [2.24, 2.45) is 0 Å². The normalized spacial score (nSPS) is 26.0. The first-order chi connectivity index (χ1) is 9.74. The number of carbonyl (C=O) groups excluding carboxylic acids is 2. The summed E-state index contributed by atoms with van der Waals surface area (Å²) in [5, 5.41) is 0. The van der Waals surface area contributed by atoms with Gasteiger partial charge in [0.05, 0.1) is 26.4 Å². The topological polar surface area (TPSA) is 89.5 Å². The van der Waals surface area contributed by atoms with Crippen molar-refractivity contribution in [1.29, 1.82) is 0 Å². The molecule has 0 bridgehead atoms. The van der Waals surface area contributed by atoms with Crippen LogP contribution in [-0.2, 0) is 38.0 Å². The van der Waals surface area contributed by atoms with Gasteiger partial charge in [0.15, 0.2) is 0 Å². The van der Waals surface area contributed by atoms with Crippen molar-refractivity contribution in [3.05, 3.63) is 0 Å². The van der Waals surface area contributed by atoms with Crippen LogP contribution in [0.4, 0.5) is 0 Å². The van der Waals surface area contributed by atoms with E-state index in [0.29, 0.717) is 26.4 Å². The van der Waals surface area contributed by atoms with Gasteiger partial charge in [0.1, 0.15) is 13.2 Å². The SMILES string of the molecule is O=C(C#CC(=O)OC1COCCO1)OC1COCCO1. The maximum absolute atomic E-state index is 11.3. The van der Waals surface area contributed by atoms with Crippen molar-refractivity contribution >= 4 is 11.9 Å². The molecular formula is C12H14O8. The number of rotatable bonds is 2. The third-order valence-corrected chi connectivity index (χ3v) is 2.31. The molecule has 0 aliphatic carbocycles. The second-order valence-corrected chi connectivity index (χ2v) is 3.81. The molecule has 0 spiro atoms. The first-order valence-corrected chi connectivity index (χ1v) is 6.06. The molecule has 2 fully saturated rings. The van der Waals surface area contributed by atoms with Crippen LogP contribution in [0.3, 0.4) is 0 Å². The lowest BCUT2D eigenvalue weighted by molar-refractivity contribution is -0.210. The lowest BCUT2D eigenvalue weighted by Crippen LogP contribution is -2.33. The first-order valence-electron chi connectivity index (χ1n) is 6.06. The van der Waals surface area contributed by atoms with Gasteiger partial charge in [-0.2, -0.15) is 0 Å². The minimum Gasteiger partial charge on any atom is -0.424 e. The Kier molecular flexibility index (Phi) is 5.76. The highest BCUT2D eigenvalue weighted by atomic mass is 16.7. The van der Waals surface area contributed by atoms with Crippen molar-refractivity contribution < 1.29 is 38.0 Å². The third kappa shape index (κ3) is 5.14. The molecule has 0 N–H and O–H groups in total. The Morgan fingerprint density at radius 2 is 1.25 bits per heavy atom. The van der Waals surface area contributed by atoms with E-state index in [0.717, 1.165) is 0 Å². The van der Waals surface area contributed by atoms with Crippen LogP contribution in [0.5, 0.6) is 0 Å². The van der Waals surface area contributed by atoms with Crippen molar-refractivity contribution in [2.75, 3.05) is 39.6 Å². The summed E-state index contributed by atoms with van der Waals surface area (Å²) in [5.41, 5.74) is 0. The molecule has 2 saturated heterocycles. The summed E-state index contributed by atoms with van der Waals surface area (Å²) in [6.45, 7) is 1.88. The lowest BCUT2D eigenvalue weighted by Gasteiger charge is -2.21. The molecule has 0 amide bonds. The van der Waals surface area contributed by atoms with Gasteiger partial charge < -0.3 is 28.4 Å². The van der Waals surface area contributed by atoms with E-state index in [4.69, 9.17) is 28.4 Å². The Morgan fingerprint density at radius 3 is 1.60 bits per heavy atom. The van der Waals surface area contributed by atoms with Crippen LogP contribution in [0.1, 0.15) is 0 Å². The molecule has 2 atom stereocenters. The van der Waals surface area contributed by atoms with E-state index in [9.17, 15) is 9.59 Å². The predicted molar refractivity (Wildman–Crippen MR) is 61.1 cm³/mol. The smallest absolute Gasteiger partial charge is 0.387 e. The summed E-state index contributed by atoms with van der Waals surface area (Å²) in [7, 11) is 0. The fourth-order valence-corrected chi connectivity index (χ4v) is 1.47. The molecule has 8 nitrogen and oxygen atoms in total. The van der Waals surface area contributed by atoms with Crippen LogP contribution in [-0.4, -0.2) is 64.2 Å². The van der Waals surface area contributed by atoms with E-state index in [1.54, 1.807) is 0 Å². The molecule has 20 heavy (non-hydrogen) atoms. The van der Waals surface area contributed by atoms with Gasteiger partial charge in [-0.3, -0.25) is 0 Å². The molecule has 2 rings (SSSR count). The van der Waals surface area contributed by atoms with Gasteiger partial charge in [-0.1, -0.05) is 0 Å². The van der Waals surface area contributed by atoms with Crippen LogP contribution in [0.25, 0.3) is 0 Å². The minimum atomic E-state index is -0.890. The van der Waals surface area contributed by atoms with Crippen LogP contribution >= 0.6 is 0 Å². The Labute approximate surface area is 115 Å². The van der Waals surface area contributed by atoms with Crippen LogP contribution in [0, 0.1) is 11.8 Å². The van der Waals surface area contributed by atoms with E-state index < -0.39 is 24.5 Å². The Hall–Kier alpha value is -1.66. The van der Waals surface area contributed by atoms with Gasteiger partial charge in [0, 0.05) is 11.8 Å². The summed E-state index contributed by atoms with van der Waals surface area (Å²) >= 11 is 0. The quantitative estimate of drug-likeness (QED) is 0.356. The predicted octanol–water partition coefficient (Wildman–Crippen LogP) is -1.18. The maximum atomic E-state index is 11.3. The molecule has 110 valence electrons. The Balaban J connectivity index is 1.71. The Morgan fingerprint density at radius 1 is 0.800 bits per heavy atom. The van der Waals surface area contributed by atoms with Gasteiger partial charge in [-0.05, 0) is 0 Å². The maximum Gasteiger partial charge on any atom is 0.387 e. The van der Waals surface area contributed by atoms with Crippen molar-refractivity contribution in [3.63, 3.8) is 0 Å². The van der Waals surface area contributed by atoms with Crippen LogP contribution in [0.2, 0.25) is 0 Å². The largest absolute Gasteiger partial charge is 0.424 e. The van der Waals surface area contributed by atoms with Crippen molar-refractivity contribution in [3.8, 4) is 11.8 Å². The number of esters is 2. The van der Waals surface area contributed by atoms with E-state index in [1.165, 1.54) is 0 Å². The molecule has 0 saturated carbocycles. The summed E-state index contributed by atoms with van der Waals surface area (Å²) in [5.74, 6) is 2.22. The molecular weight excluding hydrogens is 272 g/mol. The zero-order chi connectivity index (χ0) is 14.2. The molecule has 2 heterocycles. The summed E-state index contributed by atoms with van der Waals surface area (Å²) < 4.78 is 29.9. The highest BCUT2D eigenvalue weighted by Crippen LogP contribution is 2.03. The molecule has 0 aromatic heterocycles. The van der Waals surface area contributed by atoms with E-state index >= 15 is 0 Å². The van der Waals surface area contributed by atoms with Crippen molar-refractivity contribution in [2.45, 2.75) is 12.6 Å². The molecule has 8 heteroatoms. The molecule has 0 aromatic carbocycles. The van der Waals surface area contributed by atoms with Crippen LogP contribution < -0.4 is 0 Å². The van der Waals surface area contributed by atoms with E-state index in [1.807, 2.05) is 11.8 Å². The van der Waals surface area contributed by atoms with Gasteiger partial charge in [-0.25, -0.2) is 9.59 Å². The fourth-order valence-electron chi connectivity index (χ4n) is 1.47. The van der Waals surface area contributed by atoms with Gasteiger partial charge in [0.2, 0.25) is 12.6 Å². The van der Waals surface area contributed by atoms with Gasteiger partial charge in [-0.15, -0.1) is 0 Å². The molecule has 2 unspecified atom stereocenters. The number of hydrogen-bond donors (Lipinski definition) is 0. The molecule has 0 aromatic rings. The van der Waals surface area contributed by atoms with Gasteiger partial charge >= 0.3 is 11.9 Å². The molecule has 2 aliphatic heterocycles. The number of ether oxygens (including phenoxy) is 6.